The number of carbonyl (C=O) groups excluding carboxylic acids is 2. The van der Waals surface area contributed by atoms with Crippen molar-refractivity contribution in [1.29, 1.82) is 0 Å². The first-order valence-corrected chi connectivity index (χ1v) is 19.2. The van der Waals surface area contributed by atoms with Gasteiger partial charge in [-0.2, -0.15) is 13.2 Å². The normalized spacial score (nSPS) is 14.1. The minimum atomic E-state index is -4.56. The van der Waals surface area contributed by atoms with E-state index in [0.717, 1.165) is 85.9 Å². The van der Waals surface area contributed by atoms with E-state index < -0.39 is 17.6 Å². The molecule has 3 N–H and O–H groups in total. The van der Waals surface area contributed by atoms with Gasteiger partial charge in [0.2, 0.25) is 0 Å². The van der Waals surface area contributed by atoms with Crippen molar-refractivity contribution in [1.82, 2.24) is 5.32 Å². The topological polar surface area (TPSA) is 79.5 Å². The maximum Gasteiger partial charge on any atom is 0.416 e. The number of carbonyl (C=O) groups is 2. The summed E-state index contributed by atoms with van der Waals surface area (Å²) >= 11 is 0. The Morgan fingerprint density at radius 1 is 0.925 bits per heavy atom. The van der Waals surface area contributed by atoms with Crippen molar-refractivity contribution in [2.24, 2.45) is 11.8 Å². The molecular formula is C44H62F3N3O3. The first kappa shape index (κ1) is 45.0. The Labute approximate surface area is 316 Å². The Balaban J connectivity index is 0.000000848. The number of ether oxygens (including phenoxy) is 1. The van der Waals surface area contributed by atoms with Gasteiger partial charge in [0.25, 0.3) is 11.8 Å². The van der Waals surface area contributed by atoms with Crippen molar-refractivity contribution in [2.75, 3.05) is 30.4 Å². The highest BCUT2D eigenvalue weighted by Crippen LogP contribution is 2.33. The molecule has 1 unspecified atom stereocenters. The van der Waals surface area contributed by atoms with Gasteiger partial charge in [0.15, 0.2) is 0 Å². The fourth-order valence-electron chi connectivity index (χ4n) is 5.50. The van der Waals surface area contributed by atoms with E-state index in [1.165, 1.54) is 30.5 Å². The summed E-state index contributed by atoms with van der Waals surface area (Å²) < 4.78 is 44.8. The Morgan fingerprint density at radius 3 is 2.28 bits per heavy atom. The van der Waals surface area contributed by atoms with Crippen LogP contribution in [0.1, 0.15) is 122 Å². The van der Waals surface area contributed by atoms with Gasteiger partial charge >= 0.3 is 6.18 Å². The maximum absolute atomic E-state index is 13.9. The molecule has 2 amide bonds. The monoisotopic (exact) mass is 737 g/mol. The molecule has 3 rings (SSSR count). The van der Waals surface area contributed by atoms with Gasteiger partial charge < -0.3 is 20.7 Å². The number of aryl methyl sites for hydroxylation is 1. The van der Waals surface area contributed by atoms with Crippen molar-refractivity contribution < 1.29 is 27.5 Å². The van der Waals surface area contributed by atoms with E-state index in [1.807, 2.05) is 13.0 Å². The zero-order valence-corrected chi connectivity index (χ0v) is 33.4. The summed E-state index contributed by atoms with van der Waals surface area (Å²) in [6.07, 6.45) is 8.76. The molecular weight excluding hydrogens is 675 g/mol. The van der Waals surface area contributed by atoms with E-state index in [9.17, 15) is 22.8 Å². The Hall–Kier alpha value is -4.11. The number of nitrogens with one attached hydrogen (secondary N) is 3. The van der Waals surface area contributed by atoms with Crippen LogP contribution in [0.3, 0.4) is 0 Å². The lowest BCUT2D eigenvalue weighted by atomic mass is 9.96. The second kappa shape index (κ2) is 22.8. The summed E-state index contributed by atoms with van der Waals surface area (Å²) in [5.41, 5.74) is 5.34. The average Bonchev–Trinajstić information content (AvgIpc) is 3.25. The molecule has 0 saturated heterocycles. The van der Waals surface area contributed by atoms with Crippen LogP contribution in [0.25, 0.3) is 0 Å². The lowest BCUT2D eigenvalue weighted by Gasteiger charge is -2.19. The van der Waals surface area contributed by atoms with Crippen LogP contribution >= 0.6 is 0 Å². The average molecular weight is 738 g/mol. The van der Waals surface area contributed by atoms with Crippen LogP contribution < -0.4 is 16.0 Å². The van der Waals surface area contributed by atoms with Crippen LogP contribution in [0.4, 0.5) is 24.5 Å². The summed E-state index contributed by atoms with van der Waals surface area (Å²) in [4.78, 5) is 26.7. The van der Waals surface area contributed by atoms with Gasteiger partial charge in [-0.25, -0.2) is 0 Å². The number of halogens is 3. The van der Waals surface area contributed by atoms with Crippen LogP contribution in [-0.2, 0) is 15.7 Å². The number of alkyl halides is 3. The van der Waals surface area contributed by atoms with Gasteiger partial charge in [0.05, 0.1) is 16.8 Å². The standard InChI is InChI=1S/C35H42F3N3O2.C9H20O/c1-7-9-19-39-32-29(17-13-22(3)4)24(6)25(8-2)15-18-30(32)34(43)41-31-21-28(16-14-23(31)5)40-33(42)26-11-10-12-27(20-26)35(36,37)38;1-4-7-10-8-6-9(3)5-2/h10-14,16-18,20-22,39H,7-9,15,19H2,1-6H3,(H,40,42)(H,41,43);9H,4-8H2,1-3H3/b17-13-;. The summed E-state index contributed by atoms with van der Waals surface area (Å²) in [6, 6.07) is 9.26. The molecule has 6 nitrogen and oxygen atoms in total. The Bertz CT molecular complexity index is 1620. The van der Waals surface area contributed by atoms with E-state index in [-0.39, 0.29) is 11.5 Å². The molecule has 0 bridgehead atoms. The van der Waals surface area contributed by atoms with Gasteiger partial charge in [-0.15, -0.1) is 0 Å². The molecule has 292 valence electrons. The van der Waals surface area contributed by atoms with Crippen molar-refractivity contribution >= 4 is 23.2 Å². The number of benzene rings is 2. The fraction of sp³-hybridized carbons (Fsp3) is 0.500. The number of hydrogen-bond acceptors (Lipinski definition) is 4. The SMILES string of the molecule is CCCCNC1=C(/C=C\C(C)C)C(C)=C(CC)CC=C1C(=O)Nc1cc(NC(=O)c2cccc(C(F)(F)F)c2)ccc1C.CCCOCCC(C)CC. The molecule has 1 aliphatic carbocycles. The molecule has 2 aromatic carbocycles. The highest BCUT2D eigenvalue weighted by Gasteiger charge is 2.31. The number of rotatable bonds is 17. The predicted octanol–water partition coefficient (Wildman–Crippen LogP) is 12.0. The van der Waals surface area contributed by atoms with Crippen molar-refractivity contribution in [2.45, 2.75) is 113 Å². The van der Waals surface area contributed by atoms with Crippen molar-refractivity contribution in [3.8, 4) is 0 Å². The third-order valence-electron chi connectivity index (χ3n) is 9.17. The zero-order valence-electron chi connectivity index (χ0n) is 33.4. The first-order chi connectivity index (χ1) is 25.2. The summed E-state index contributed by atoms with van der Waals surface area (Å²) in [7, 11) is 0. The Kier molecular flexibility index (Phi) is 19.4. The van der Waals surface area contributed by atoms with E-state index in [1.54, 1.807) is 18.2 Å². The van der Waals surface area contributed by atoms with Gasteiger partial charge in [-0.3, -0.25) is 9.59 Å². The summed E-state index contributed by atoms with van der Waals surface area (Å²) in [5, 5.41) is 9.22. The zero-order chi connectivity index (χ0) is 39.6. The largest absolute Gasteiger partial charge is 0.416 e. The predicted molar refractivity (Wildman–Crippen MR) is 214 cm³/mol. The maximum atomic E-state index is 13.9. The molecule has 0 saturated carbocycles. The highest BCUT2D eigenvalue weighted by molar-refractivity contribution is 6.08. The molecule has 0 heterocycles. The number of amides is 2. The van der Waals surface area contributed by atoms with Crippen molar-refractivity contribution in [3.05, 3.63) is 105 Å². The molecule has 1 atom stereocenters. The second-order valence-electron chi connectivity index (χ2n) is 14.0. The van der Waals surface area contributed by atoms with Crippen LogP contribution in [-0.4, -0.2) is 31.6 Å². The third kappa shape index (κ3) is 15.0. The molecule has 0 spiro atoms. The minimum absolute atomic E-state index is 0.117. The summed E-state index contributed by atoms with van der Waals surface area (Å²) in [5.74, 6) is 0.198. The van der Waals surface area contributed by atoms with Gasteiger partial charge in [0, 0.05) is 42.3 Å². The van der Waals surface area contributed by atoms with Gasteiger partial charge in [0.1, 0.15) is 0 Å². The summed E-state index contributed by atoms with van der Waals surface area (Å²) in [6.45, 7) is 21.6. The minimum Gasteiger partial charge on any atom is -0.384 e. The lowest BCUT2D eigenvalue weighted by Crippen LogP contribution is -2.25. The van der Waals surface area contributed by atoms with Crippen LogP contribution in [0.2, 0.25) is 0 Å². The fourth-order valence-corrected chi connectivity index (χ4v) is 5.50. The van der Waals surface area contributed by atoms with E-state index in [4.69, 9.17) is 4.74 Å². The highest BCUT2D eigenvalue weighted by atomic mass is 19.4. The molecule has 1 aliphatic rings. The first-order valence-electron chi connectivity index (χ1n) is 19.2. The van der Waals surface area contributed by atoms with Crippen LogP contribution in [0.5, 0.6) is 0 Å². The van der Waals surface area contributed by atoms with Crippen LogP contribution in [0.15, 0.2) is 88.7 Å². The molecule has 0 aromatic heterocycles. The van der Waals surface area contributed by atoms with E-state index >= 15 is 0 Å². The molecule has 2 aromatic rings. The number of anilines is 2. The quantitative estimate of drug-likeness (QED) is 0.141. The Morgan fingerprint density at radius 2 is 1.66 bits per heavy atom. The molecule has 9 heteroatoms. The number of hydrogen-bond donors (Lipinski definition) is 3. The molecule has 0 fully saturated rings. The van der Waals surface area contributed by atoms with Crippen LogP contribution in [0, 0.1) is 18.8 Å². The van der Waals surface area contributed by atoms with E-state index in [0.29, 0.717) is 29.3 Å². The molecule has 0 radical (unpaired) electrons. The smallest absolute Gasteiger partial charge is 0.384 e. The number of allylic oxidation sites excluding steroid dienone is 6. The number of unbranched alkanes of at least 4 members (excludes halogenated alkanes) is 1. The molecule has 53 heavy (non-hydrogen) atoms. The third-order valence-corrected chi connectivity index (χ3v) is 9.17. The lowest BCUT2D eigenvalue weighted by molar-refractivity contribution is -0.137. The van der Waals surface area contributed by atoms with E-state index in [2.05, 4.69) is 83.5 Å². The second-order valence-corrected chi connectivity index (χ2v) is 14.0. The molecule has 0 aliphatic heterocycles. The van der Waals surface area contributed by atoms with Crippen molar-refractivity contribution in [3.63, 3.8) is 0 Å². The van der Waals surface area contributed by atoms with Gasteiger partial charge in [-0.05, 0) is 99.3 Å². The van der Waals surface area contributed by atoms with Gasteiger partial charge in [-0.1, -0.05) is 97.2 Å².